The average Bonchev–Trinajstić information content (AvgIpc) is 3.10. The number of aromatic nitrogens is 2. The zero-order valence-corrected chi connectivity index (χ0v) is 15.4. The Balaban J connectivity index is 1.49. The van der Waals surface area contributed by atoms with Gasteiger partial charge in [-0.2, -0.15) is 0 Å². The molecule has 140 valence electrons. The Bertz CT molecular complexity index is 905. The molecule has 6 nitrogen and oxygen atoms in total. The van der Waals surface area contributed by atoms with Gasteiger partial charge in [0.25, 0.3) is 0 Å². The highest BCUT2D eigenvalue weighted by Crippen LogP contribution is 2.18. The second-order valence-electron chi connectivity index (χ2n) is 6.50. The summed E-state index contributed by atoms with van der Waals surface area (Å²) in [5, 5.41) is 4.05. The molecule has 0 aliphatic heterocycles. The van der Waals surface area contributed by atoms with E-state index in [9.17, 15) is 9.59 Å². The van der Waals surface area contributed by atoms with E-state index in [0.717, 1.165) is 17.5 Å². The zero-order chi connectivity index (χ0) is 19.1. The third-order valence-electron chi connectivity index (χ3n) is 4.62. The monoisotopic (exact) mass is 364 g/mol. The molecular weight excluding hydrogens is 340 g/mol. The van der Waals surface area contributed by atoms with Gasteiger partial charge in [-0.05, 0) is 35.7 Å². The summed E-state index contributed by atoms with van der Waals surface area (Å²) in [7, 11) is 0. The van der Waals surface area contributed by atoms with Crippen LogP contribution in [0, 0.1) is 0 Å². The first-order valence-electron chi connectivity index (χ1n) is 9.09. The number of hydrogen-bond donors (Lipinski definition) is 2. The Kier molecular flexibility index (Phi) is 6.20. The number of rotatable bonds is 8. The van der Waals surface area contributed by atoms with E-state index < -0.39 is 0 Å². The van der Waals surface area contributed by atoms with Crippen molar-refractivity contribution in [3.8, 4) is 0 Å². The van der Waals surface area contributed by atoms with Crippen LogP contribution in [0.5, 0.6) is 0 Å². The van der Waals surface area contributed by atoms with Crippen molar-refractivity contribution in [2.45, 2.75) is 26.3 Å². The van der Waals surface area contributed by atoms with Crippen LogP contribution in [0.15, 0.2) is 55.0 Å². The van der Waals surface area contributed by atoms with Crippen molar-refractivity contribution in [3.63, 3.8) is 0 Å². The lowest BCUT2D eigenvalue weighted by Crippen LogP contribution is -2.35. The first-order valence-corrected chi connectivity index (χ1v) is 9.09. The summed E-state index contributed by atoms with van der Waals surface area (Å²) in [6.45, 7) is 3.02. The van der Waals surface area contributed by atoms with Gasteiger partial charge in [-0.3, -0.25) is 14.6 Å². The van der Waals surface area contributed by atoms with E-state index in [1.54, 1.807) is 24.2 Å². The van der Waals surface area contributed by atoms with Crippen LogP contribution in [-0.4, -0.2) is 39.8 Å². The molecule has 0 saturated heterocycles. The molecule has 3 rings (SSSR count). The number of H-pyrrole nitrogens is 1. The van der Waals surface area contributed by atoms with Crippen molar-refractivity contribution in [1.82, 2.24) is 20.2 Å². The number of amides is 2. The zero-order valence-electron chi connectivity index (χ0n) is 15.4. The second kappa shape index (κ2) is 8.98. The minimum atomic E-state index is -0.0647. The van der Waals surface area contributed by atoms with Gasteiger partial charge < -0.3 is 15.2 Å². The molecule has 3 aromatic rings. The highest BCUT2D eigenvalue weighted by Gasteiger charge is 2.12. The minimum Gasteiger partial charge on any atom is -0.361 e. The number of carbonyl (C=O) groups excluding carboxylic acids is 2. The summed E-state index contributed by atoms with van der Waals surface area (Å²) in [5.41, 5.74) is 3.28. The Hall–Kier alpha value is -3.15. The fourth-order valence-electron chi connectivity index (χ4n) is 3.05. The second-order valence-corrected chi connectivity index (χ2v) is 6.50. The molecule has 0 aliphatic carbocycles. The van der Waals surface area contributed by atoms with Crippen molar-refractivity contribution in [2.24, 2.45) is 0 Å². The van der Waals surface area contributed by atoms with Crippen LogP contribution in [0.1, 0.15) is 24.5 Å². The average molecular weight is 364 g/mol. The Morgan fingerprint density at radius 3 is 2.67 bits per heavy atom. The predicted octanol–water partition coefficient (Wildman–Crippen LogP) is 2.66. The largest absolute Gasteiger partial charge is 0.361 e. The molecule has 0 fully saturated rings. The molecule has 0 radical (unpaired) electrons. The number of nitrogens with zero attached hydrogens (tertiary/aromatic N) is 2. The molecule has 0 saturated carbocycles. The van der Waals surface area contributed by atoms with E-state index in [4.69, 9.17) is 0 Å². The summed E-state index contributed by atoms with van der Waals surface area (Å²) in [5.74, 6) is -0.0815. The molecule has 0 atom stereocenters. The van der Waals surface area contributed by atoms with Gasteiger partial charge >= 0.3 is 0 Å². The van der Waals surface area contributed by atoms with E-state index in [0.29, 0.717) is 26.1 Å². The maximum atomic E-state index is 12.1. The number of benzene rings is 1. The molecule has 6 heteroatoms. The van der Waals surface area contributed by atoms with Crippen molar-refractivity contribution < 1.29 is 9.59 Å². The lowest BCUT2D eigenvalue weighted by atomic mass is 10.1. The van der Waals surface area contributed by atoms with Crippen LogP contribution in [0.3, 0.4) is 0 Å². The maximum Gasteiger partial charge on any atom is 0.222 e. The quantitative estimate of drug-likeness (QED) is 0.645. The maximum absolute atomic E-state index is 12.1. The summed E-state index contributed by atoms with van der Waals surface area (Å²) >= 11 is 0. The highest BCUT2D eigenvalue weighted by molar-refractivity contribution is 5.83. The fraction of sp³-hybridized carbons (Fsp3) is 0.286. The molecule has 0 bridgehead atoms. The third kappa shape index (κ3) is 5.17. The minimum absolute atomic E-state index is 0.0169. The van der Waals surface area contributed by atoms with Crippen LogP contribution >= 0.6 is 0 Å². The number of para-hydroxylation sites is 1. The molecule has 27 heavy (non-hydrogen) atoms. The molecule has 1 aromatic carbocycles. The summed E-state index contributed by atoms with van der Waals surface area (Å²) in [6.07, 6.45) is 6.43. The molecule has 2 heterocycles. The predicted molar refractivity (Wildman–Crippen MR) is 105 cm³/mol. The summed E-state index contributed by atoms with van der Waals surface area (Å²) in [4.78, 5) is 33.0. The van der Waals surface area contributed by atoms with E-state index in [-0.39, 0.29) is 11.8 Å². The summed E-state index contributed by atoms with van der Waals surface area (Å²) in [6, 6.07) is 11.8. The van der Waals surface area contributed by atoms with Crippen LogP contribution < -0.4 is 5.32 Å². The Morgan fingerprint density at radius 2 is 1.89 bits per heavy atom. The number of hydrogen-bond acceptors (Lipinski definition) is 3. The van der Waals surface area contributed by atoms with Gasteiger partial charge in [0, 0.05) is 62.5 Å². The molecule has 2 amide bonds. The third-order valence-corrected chi connectivity index (χ3v) is 4.62. The van der Waals surface area contributed by atoms with Gasteiger partial charge in [0.1, 0.15) is 0 Å². The number of nitrogens with one attached hydrogen (secondary N) is 2. The molecule has 2 N–H and O–H groups in total. The van der Waals surface area contributed by atoms with Gasteiger partial charge in [-0.15, -0.1) is 0 Å². The lowest BCUT2D eigenvalue weighted by Gasteiger charge is -2.20. The smallest absolute Gasteiger partial charge is 0.222 e. The standard InChI is InChI=1S/C21H24N4O2/c1-16(26)25(12-8-18-15-23-20-5-3-2-4-19(18)20)13-9-21(27)24-14-17-6-10-22-11-7-17/h2-7,10-11,15,23H,8-9,12-14H2,1H3,(H,24,27). The van der Waals surface area contributed by atoms with Crippen LogP contribution in [0.2, 0.25) is 0 Å². The van der Waals surface area contributed by atoms with E-state index in [1.165, 1.54) is 10.9 Å². The Labute approximate surface area is 158 Å². The van der Waals surface area contributed by atoms with Gasteiger partial charge in [0.2, 0.25) is 11.8 Å². The molecule has 2 aromatic heterocycles. The Morgan fingerprint density at radius 1 is 1.11 bits per heavy atom. The normalized spacial score (nSPS) is 10.7. The van der Waals surface area contributed by atoms with Crippen LogP contribution in [0.4, 0.5) is 0 Å². The topological polar surface area (TPSA) is 78.1 Å². The molecular formula is C21H24N4O2. The summed E-state index contributed by atoms with van der Waals surface area (Å²) < 4.78 is 0. The van der Waals surface area contributed by atoms with Crippen molar-refractivity contribution >= 4 is 22.7 Å². The van der Waals surface area contributed by atoms with E-state index in [1.807, 2.05) is 36.5 Å². The van der Waals surface area contributed by atoms with Crippen LogP contribution in [-0.2, 0) is 22.6 Å². The van der Waals surface area contributed by atoms with Crippen molar-refractivity contribution in [2.75, 3.05) is 13.1 Å². The lowest BCUT2D eigenvalue weighted by molar-refractivity contribution is -0.129. The first kappa shape index (κ1) is 18.6. The van der Waals surface area contributed by atoms with E-state index >= 15 is 0 Å². The van der Waals surface area contributed by atoms with Gasteiger partial charge in [0.15, 0.2) is 0 Å². The number of carbonyl (C=O) groups is 2. The number of aromatic amines is 1. The SMILES string of the molecule is CC(=O)N(CCC(=O)NCc1ccncc1)CCc1c[nH]c2ccccc12. The number of pyridine rings is 1. The molecule has 0 unspecified atom stereocenters. The fourth-order valence-corrected chi connectivity index (χ4v) is 3.05. The van der Waals surface area contributed by atoms with E-state index in [2.05, 4.69) is 21.4 Å². The van der Waals surface area contributed by atoms with Gasteiger partial charge in [-0.1, -0.05) is 18.2 Å². The molecule has 0 spiro atoms. The van der Waals surface area contributed by atoms with Gasteiger partial charge in [-0.25, -0.2) is 0 Å². The van der Waals surface area contributed by atoms with Crippen molar-refractivity contribution in [1.29, 1.82) is 0 Å². The van der Waals surface area contributed by atoms with Gasteiger partial charge in [0.05, 0.1) is 0 Å². The van der Waals surface area contributed by atoms with Crippen molar-refractivity contribution in [3.05, 3.63) is 66.1 Å². The first-order chi connectivity index (χ1) is 13.1. The number of fused-ring (bicyclic) bond motifs is 1. The van der Waals surface area contributed by atoms with Crippen LogP contribution in [0.25, 0.3) is 10.9 Å². The highest BCUT2D eigenvalue weighted by atomic mass is 16.2. The molecule has 0 aliphatic rings.